The lowest BCUT2D eigenvalue weighted by atomic mass is 9.95. The minimum absolute atomic E-state index is 0.276. The van der Waals surface area contributed by atoms with Crippen molar-refractivity contribution < 1.29 is 13.9 Å². The summed E-state index contributed by atoms with van der Waals surface area (Å²) in [5.41, 5.74) is 2.72. The zero-order chi connectivity index (χ0) is 25.2. The fourth-order valence-corrected chi connectivity index (χ4v) is 5.19. The van der Waals surface area contributed by atoms with Crippen LogP contribution in [-0.4, -0.2) is 17.6 Å². The highest BCUT2D eigenvalue weighted by Gasteiger charge is 2.32. The van der Waals surface area contributed by atoms with Crippen LogP contribution < -0.4 is 24.9 Å². The summed E-state index contributed by atoms with van der Waals surface area (Å²) in [6.45, 7) is 1.77. The number of methoxy groups -OCH3 is 1. The Balaban J connectivity index is 1.67. The van der Waals surface area contributed by atoms with E-state index in [9.17, 15) is 14.0 Å². The van der Waals surface area contributed by atoms with Gasteiger partial charge >= 0.3 is 0 Å². The van der Waals surface area contributed by atoms with Gasteiger partial charge in [-0.2, -0.15) is 0 Å². The van der Waals surface area contributed by atoms with E-state index in [0.717, 1.165) is 5.56 Å². The smallest absolute Gasteiger partial charge is 0.271 e. The quantitative estimate of drug-likeness (QED) is 0.451. The molecular weight excluding hydrogens is 477 g/mol. The lowest BCUT2D eigenvalue weighted by Crippen LogP contribution is -2.40. The van der Waals surface area contributed by atoms with Crippen LogP contribution in [0.5, 0.6) is 5.75 Å². The number of rotatable bonds is 5. The molecule has 4 aromatic rings. The molecule has 5 rings (SSSR count). The van der Waals surface area contributed by atoms with Crippen LogP contribution in [0.15, 0.2) is 99.9 Å². The molecule has 6 nitrogen and oxygen atoms in total. The Bertz CT molecular complexity index is 1640. The maximum absolute atomic E-state index is 13.7. The normalized spacial score (nSPS) is 15.3. The minimum atomic E-state index is -0.689. The topological polar surface area (TPSA) is 72.7 Å². The third-order valence-corrected chi connectivity index (χ3v) is 6.88. The van der Waals surface area contributed by atoms with Crippen LogP contribution in [0.3, 0.4) is 0 Å². The van der Waals surface area contributed by atoms with E-state index >= 15 is 0 Å². The maximum atomic E-state index is 13.7. The highest BCUT2D eigenvalue weighted by Crippen LogP contribution is 2.31. The number of halogens is 1. The van der Waals surface area contributed by atoms with Gasteiger partial charge in [-0.3, -0.25) is 14.2 Å². The van der Waals surface area contributed by atoms with Crippen LogP contribution in [0.2, 0.25) is 0 Å². The molecule has 1 unspecified atom stereocenters. The van der Waals surface area contributed by atoms with E-state index in [1.165, 1.54) is 23.5 Å². The van der Waals surface area contributed by atoms with Crippen molar-refractivity contribution in [3.63, 3.8) is 0 Å². The number of ether oxygens (including phenoxy) is 1. The number of aromatic nitrogens is 1. The van der Waals surface area contributed by atoms with Crippen molar-refractivity contribution in [1.29, 1.82) is 0 Å². The van der Waals surface area contributed by atoms with Crippen molar-refractivity contribution in [2.24, 2.45) is 4.99 Å². The van der Waals surface area contributed by atoms with Crippen molar-refractivity contribution >= 4 is 29.0 Å². The predicted octanol–water partition coefficient (Wildman–Crippen LogP) is 4.02. The van der Waals surface area contributed by atoms with Gasteiger partial charge in [0.05, 0.1) is 29.0 Å². The molecule has 180 valence electrons. The number of carbonyl (C=O) groups excluding carboxylic acids is 1. The van der Waals surface area contributed by atoms with Crippen LogP contribution in [0, 0.1) is 5.82 Å². The molecule has 1 aromatic heterocycles. The summed E-state index contributed by atoms with van der Waals surface area (Å²) in [6.07, 6.45) is 1.71. The SMILES string of the molecule is COc1ccc(C2C(C(=O)Nc3ccccc3)=C(C)N=c3s/c(=C/c4ccc(F)cc4)c(=O)n32)cc1. The fraction of sp³-hybridized carbons (Fsp3) is 0.107. The van der Waals surface area contributed by atoms with Gasteiger partial charge in [0.25, 0.3) is 11.5 Å². The average molecular weight is 500 g/mol. The number of para-hydroxylation sites is 1. The van der Waals surface area contributed by atoms with Gasteiger partial charge in [0.15, 0.2) is 4.80 Å². The molecule has 1 aliphatic rings. The van der Waals surface area contributed by atoms with Crippen LogP contribution in [-0.2, 0) is 4.79 Å². The van der Waals surface area contributed by atoms with Crippen molar-refractivity contribution in [2.75, 3.05) is 12.4 Å². The van der Waals surface area contributed by atoms with Crippen molar-refractivity contribution in [1.82, 2.24) is 4.57 Å². The Kier molecular flexibility index (Phi) is 6.35. The molecule has 1 N–H and O–H groups in total. The highest BCUT2D eigenvalue weighted by atomic mass is 32.1. The molecule has 0 saturated carbocycles. The van der Waals surface area contributed by atoms with Crippen LogP contribution in [0.1, 0.15) is 24.1 Å². The first-order chi connectivity index (χ1) is 17.4. The maximum Gasteiger partial charge on any atom is 0.271 e. The van der Waals surface area contributed by atoms with Crippen LogP contribution in [0.25, 0.3) is 6.08 Å². The molecule has 0 spiro atoms. The second-order valence-electron chi connectivity index (χ2n) is 8.23. The summed E-state index contributed by atoms with van der Waals surface area (Å²) in [6, 6.07) is 21.6. The molecule has 0 fully saturated rings. The van der Waals surface area contributed by atoms with E-state index in [2.05, 4.69) is 10.3 Å². The van der Waals surface area contributed by atoms with Crippen molar-refractivity contribution in [2.45, 2.75) is 13.0 Å². The average Bonchev–Trinajstić information content (AvgIpc) is 3.19. The summed E-state index contributed by atoms with van der Waals surface area (Å²) >= 11 is 1.23. The van der Waals surface area contributed by atoms with Crippen molar-refractivity contribution in [3.05, 3.63) is 127 Å². The van der Waals surface area contributed by atoms with Crippen LogP contribution in [0.4, 0.5) is 10.1 Å². The zero-order valence-corrected chi connectivity index (χ0v) is 20.4. The first-order valence-corrected chi connectivity index (χ1v) is 12.0. The summed E-state index contributed by atoms with van der Waals surface area (Å²) in [5.74, 6) is -0.0210. The number of anilines is 1. The van der Waals surface area contributed by atoms with E-state index in [1.54, 1.807) is 61.1 Å². The Morgan fingerprint density at radius 2 is 1.75 bits per heavy atom. The number of nitrogens with zero attached hydrogens (tertiary/aromatic N) is 2. The number of amides is 1. The molecule has 2 heterocycles. The Morgan fingerprint density at radius 1 is 1.06 bits per heavy atom. The van der Waals surface area contributed by atoms with E-state index < -0.39 is 6.04 Å². The molecule has 0 radical (unpaired) electrons. The molecule has 1 amide bonds. The Morgan fingerprint density at radius 3 is 2.42 bits per heavy atom. The van der Waals surface area contributed by atoms with Gasteiger partial charge in [-0.05, 0) is 60.5 Å². The lowest BCUT2D eigenvalue weighted by molar-refractivity contribution is -0.113. The van der Waals surface area contributed by atoms with Gasteiger partial charge in [0.1, 0.15) is 11.6 Å². The molecule has 0 saturated heterocycles. The number of fused-ring (bicyclic) bond motifs is 1. The van der Waals surface area contributed by atoms with E-state index in [-0.39, 0.29) is 17.3 Å². The molecule has 3 aromatic carbocycles. The highest BCUT2D eigenvalue weighted by molar-refractivity contribution is 7.07. The van der Waals surface area contributed by atoms with Gasteiger partial charge in [-0.1, -0.05) is 53.8 Å². The van der Waals surface area contributed by atoms with Gasteiger partial charge in [0, 0.05) is 5.69 Å². The van der Waals surface area contributed by atoms with Gasteiger partial charge < -0.3 is 10.1 Å². The van der Waals surface area contributed by atoms with E-state index in [0.29, 0.717) is 37.6 Å². The van der Waals surface area contributed by atoms with Crippen molar-refractivity contribution in [3.8, 4) is 5.75 Å². The minimum Gasteiger partial charge on any atom is -0.497 e. The predicted molar refractivity (Wildman–Crippen MR) is 138 cm³/mol. The third kappa shape index (κ3) is 4.50. The van der Waals surface area contributed by atoms with Crippen LogP contribution >= 0.6 is 11.3 Å². The monoisotopic (exact) mass is 499 g/mol. The summed E-state index contributed by atoms with van der Waals surface area (Å²) in [5, 5.41) is 2.93. The molecule has 36 heavy (non-hydrogen) atoms. The molecule has 8 heteroatoms. The fourth-order valence-electron chi connectivity index (χ4n) is 4.14. The number of thiazole rings is 1. The van der Waals surface area contributed by atoms with Gasteiger partial charge in [0.2, 0.25) is 0 Å². The summed E-state index contributed by atoms with van der Waals surface area (Å²) in [4.78, 5) is 32.3. The lowest BCUT2D eigenvalue weighted by Gasteiger charge is -2.25. The number of benzene rings is 3. The first-order valence-electron chi connectivity index (χ1n) is 11.2. The molecule has 1 aliphatic heterocycles. The number of hydrogen-bond donors (Lipinski definition) is 1. The molecule has 1 atom stereocenters. The second kappa shape index (κ2) is 9.75. The number of nitrogens with one attached hydrogen (secondary N) is 1. The third-order valence-electron chi connectivity index (χ3n) is 5.90. The zero-order valence-electron chi connectivity index (χ0n) is 19.6. The first kappa shape index (κ1) is 23.4. The standard InChI is InChI=1S/C28H22FN3O3S/c1-17-24(26(33)31-21-6-4-3-5-7-21)25(19-10-14-22(35-2)15-11-19)32-27(34)23(36-28(32)30-17)16-18-8-12-20(29)13-9-18/h3-16,25H,1-2H3,(H,31,33)/b23-16+. The number of hydrogen-bond acceptors (Lipinski definition) is 5. The largest absolute Gasteiger partial charge is 0.497 e. The Labute approximate surface area is 210 Å². The summed E-state index contributed by atoms with van der Waals surface area (Å²) < 4.78 is 20.6. The summed E-state index contributed by atoms with van der Waals surface area (Å²) in [7, 11) is 1.58. The number of carbonyl (C=O) groups is 1. The molecule has 0 aliphatic carbocycles. The molecule has 0 bridgehead atoms. The van der Waals surface area contributed by atoms with E-state index in [4.69, 9.17) is 4.74 Å². The Hall–Kier alpha value is -4.30. The van der Waals surface area contributed by atoms with Gasteiger partial charge in [-0.25, -0.2) is 9.38 Å². The second-order valence-corrected chi connectivity index (χ2v) is 9.24. The molecular formula is C28H22FN3O3S. The van der Waals surface area contributed by atoms with E-state index in [1.807, 2.05) is 30.3 Å². The number of allylic oxidation sites excluding steroid dienone is 1. The van der Waals surface area contributed by atoms with Gasteiger partial charge in [-0.15, -0.1) is 0 Å².